The van der Waals surface area contributed by atoms with Gasteiger partial charge in [-0.2, -0.15) is 0 Å². The van der Waals surface area contributed by atoms with E-state index in [0.717, 1.165) is 40.6 Å². The van der Waals surface area contributed by atoms with E-state index >= 15 is 0 Å². The van der Waals surface area contributed by atoms with Crippen molar-refractivity contribution in [2.24, 2.45) is 7.05 Å². The van der Waals surface area contributed by atoms with E-state index < -0.39 is 29.8 Å². The molecule has 2 aromatic carbocycles. The maximum Gasteiger partial charge on any atom is 0.262 e. The third-order valence-electron chi connectivity index (χ3n) is 8.30. The lowest BCUT2D eigenvalue weighted by Crippen LogP contribution is -2.61. The number of benzene rings is 2. The third-order valence-corrected chi connectivity index (χ3v) is 8.30. The van der Waals surface area contributed by atoms with Crippen molar-refractivity contribution in [1.29, 1.82) is 0 Å². The number of nitrogens with one attached hydrogen (secondary N) is 1. The lowest BCUT2D eigenvalue weighted by molar-refractivity contribution is -0.149. The molecule has 3 heterocycles. The lowest BCUT2D eigenvalue weighted by Gasteiger charge is -2.45. The topological polar surface area (TPSA) is 105 Å². The second-order valence-electron chi connectivity index (χ2n) is 10.8. The lowest BCUT2D eigenvalue weighted by atomic mass is 9.78. The zero-order chi connectivity index (χ0) is 28.6. The molecule has 1 fully saturated rings. The van der Waals surface area contributed by atoms with Crippen molar-refractivity contribution >= 4 is 40.2 Å². The zero-order valence-electron chi connectivity index (χ0n) is 22.9. The van der Waals surface area contributed by atoms with E-state index in [2.05, 4.69) is 10.3 Å². The van der Waals surface area contributed by atoms with Crippen LogP contribution in [-0.2, 0) is 23.2 Å². The first-order valence-electron chi connectivity index (χ1n) is 13.9. The van der Waals surface area contributed by atoms with Gasteiger partial charge in [0, 0.05) is 48.8 Å². The number of amides is 4. The number of fused-ring (bicyclic) bond motifs is 2. The Balaban J connectivity index is 1.34. The SMILES string of the molecule is Cn1ccc2cc(NC(=O)C3(N(Cc4cccnc4)C(=O)CN4C(=O)c5ccccc5C4=O)CCCCC3)ccc21. The normalized spacial score (nSPS) is 16.1. The Hall–Kier alpha value is -4.79. The molecule has 9 nitrogen and oxygen atoms in total. The van der Waals surface area contributed by atoms with E-state index in [9.17, 15) is 19.2 Å². The van der Waals surface area contributed by atoms with Crippen LogP contribution in [0.15, 0.2) is 79.3 Å². The molecular weight excluding hydrogens is 518 g/mol. The number of anilines is 1. The molecule has 0 radical (unpaired) electrons. The smallest absolute Gasteiger partial charge is 0.262 e. The van der Waals surface area contributed by atoms with Crippen molar-refractivity contribution in [3.63, 3.8) is 0 Å². The summed E-state index contributed by atoms with van der Waals surface area (Å²) in [5.74, 6) is -1.73. The van der Waals surface area contributed by atoms with Gasteiger partial charge in [-0.15, -0.1) is 0 Å². The molecule has 1 aliphatic heterocycles. The highest BCUT2D eigenvalue weighted by molar-refractivity contribution is 6.22. The number of imide groups is 1. The van der Waals surface area contributed by atoms with E-state index in [1.807, 2.05) is 48.1 Å². The quantitative estimate of drug-likeness (QED) is 0.341. The van der Waals surface area contributed by atoms with E-state index in [0.29, 0.717) is 18.5 Å². The van der Waals surface area contributed by atoms with Gasteiger partial charge in [0.1, 0.15) is 12.1 Å². The summed E-state index contributed by atoms with van der Waals surface area (Å²) in [5, 5.41) is 4.09. The summed E-state index contributed by atoms with van der Waals surface area (Å²) in [7, 11) is 1.97. The Labute approximate surface area is 237 Å². The molecule has 6 rings (SSSR count). The molecule has 1 aliphatic carbocycles. The summed E-state index contributed by atoms with van der Waals surface area (Å²) in [4.78, 5) is 61.4. The third kappa shape index (κ3) is 4.77. The van der Waals surface area contributed by atoms with Gasteiger partial charge in [-0.05, 0) is 60.9 Å². The molecule has 1 N–H and O–H groups in total. The molecule has 2 aromatic heterocycles. The van der Waals surface area contributed by atoms with Crippen LogP contribution in [-0.4, -0.2) is 55.1 Å². The Morgan fingerprint density at radius 3 is 2.37 bits per heavy atom. The second-order valence-corrected chi connectivity index (χ2v) is 10.8. The zero-order valence-corrected chi connectivity index (χ0v) is 22.9. The molecule has 0 bridgehead atoms. The van der Waals surface area contributed by atoms with Crippen LogP contribution in [0.5, 0.6) is 0 Å². The molecule has 0 unspecified atom stereocenters. The summed E-state index contributed by atoms with van der Waals surface area (Å²) >= 11 is 0. The molecule has 0 atom stereocenters. The monoisotopic (exact) mass is 549 g/mol. The minimum Gasteiger partial charge on any atom is -0.351 e. The number of aryl methyl sites for hydroxylation is 1. The van der Waals surface area contributed by atoms with Gasteiger partial charge >= 0.3 is 0 Å². The first kappa shape index (κ1) is 26.4. The molecule has 4 amide bonds. The van der Waals surface area contributed by atoms with Crippen molar-refractivity contribution in [3.05, 3.63) is 95.9 Å². The molecular formula is C32H31N5O4. The van der Waals surface area contributed by atoms with Gasteiger partial charge in [0.25, 0.3) is 11.8 Å². The summed E-state index contributed by atoms with van der Waals surface area (Å²) < 4.78 is 2.01. The van der Waals surface area contributed by atoms with Crippen LogP contribution in [0.2, 0.25) is 0 Å². The Bertz CT molecular complexity index is 1620. The molecule has 9 heteroatoms. The van der Waals surface area contributed by atoms with Crippen LogP contribution in [0.1, 0.15) is 58.4 Å². The molecule has 4 aromatic rings. The number of pyridine rings is 1. The second kappa shape index (κ2) is 10.6. The Kier molecular flexibility index (Phi) is 6.86. The average Bonchev–Trinajstić information content (AvgIpc) is 3.48. The van der Waals surface area contributed by atoms with Crippen molar-refractivity contribution in [1.82, 2.24) is 19.4 Å². The first-order valence-corrected chi connectivity index (χ1v) is 13.9. The van der Waals surface area contributed by atoms with Gasteiger partial charge in [0.15, 0.2) is 0 Å². The fourth-order valence-corrected chi connectivity index (χ4v) is 6.12. The van der Waals surface area contributed by atoms with Crippen LogP contribution in [0, 0.1) is 0 Å². The first-order chi connectivity index (χ1) is 19.9. The van der Waals surface area contributed by atoms with Crippen LogP contribution >= 0.6 is 0 Å². The summed E-state index contributed by atoms with van der Waals surface area (Å²) in [6.45, 7) is -0.321. The van der Waals surface area contributed by atoms with Gasteiger partial charge in [-0.25, -0.2) is 0 Å². The minimum absolute atomic E-state index is 0.126. The fraction of sp³-hybridized carbons (Fsp3) is 0.281. The van der Waals surface area contributed by atoms with Gasteiger partial charge < -0.3 is 14.8 Å². The van der Waals surface area contributed by atoms with Gasteiger partial charge in [0.2, 0.25) is 11.8 Å². The predicted octanol–water partition coefficient (Wildman–Crippen LogP) is 4.54. The molecule has 0 saturated heterocycles. The van der Waals surface area contributed by atoms with Crippen LogP contribution in [0.3, 0.4) is 0 Å². The average molecular weight is 550 g/mol. The van der Waals surface area contributed by atoms with Crippen molar-refractivity contribution < 1.29 is 19.2 Å². The fourth-order valence-electron chi connectivity index (χ4n) is 6.12. The number of rotatable bonds is 7. The number of aromatic nitrogens is 2. The van der Waals surface area contributed by atoms with Gasteiger partial charge in [-0.3, -0.25) is 29.1 Å². The molecule has 0 spiro atoms. The highest BCUT2D eigenvalue weighted by Gasteiger charge is 2.48. The number of hydrogen-bond donors (Lipinski definition) is 1. The number of hydrogen-bond acceptors (Lipinski definition) is 5. The van der Waals surface area contributed by atoms with Crippen molar-refractivity contribution in [2.45, 2.75) is 44.2 Å². The summed E-state index contributed by atoms with van der Waals surface area (Å²) in [6.07, 6.45) is 8.73. The van der Waals surface area contributed by atoms with E-state index in [1.54, 1.807) is 47.6 Å². The van der Waals surface area contributed by atoms with Gasteiger partial charge in [-0.1, -0.05) is 37.5 Å². The Morgan fingerprint density at radius 1 is 0.951 bits per heavy atom. The summed E-state index contributed by atoms with van der Waals surface area (Å²) in [6, 6.07) is 17.9. The van der Waals surface area contributed by atoms with Gasteiger partial charge in [0.05, 0.1) is 11.1 Å². The molecule has 2 aliphatic rings. The summed E-state index contributed by atoms with van der Waals surface area (Å²) in [5.41, 5.74) is 1.86. The molecule has 41 heavy (non-hydrogen) atoms. The van der Waals surface area contributed by atoms with Crippen LogP contribution in [0.4, 0.5) is 5.69 Å². The minimum atomic E-state index is -1.16. The Morgan fingerprint density at radius 2 is 1.68 bits per heavy atom. The van der Waals surface area contributed by atoms with Crippen LogP contribution in [0.25, 0.3) is 10.9 Å². The maximum absolute atomic E-state index is 14.2. The van der Waals surface area contributed by atoms with Crippen molar-refractivity contribution in [3.8, 4) is 0 Å². The number of carbonyl (C=O) groups excluding carboxylic acids is 4. The van der Waals surface area contributed by atoms with Crippen molar-refractivity contribution in [2.75, 3.05) is 11.9 Å². The standard InChI is InChI=1S/C32H31N5O4/c1-35-17-13-23-18-24(11-12-27(23)35)34-31(41)32(14-5-2-6-15-32)37(20-22-8-7-16-33-19-22)28(38)21-36-29(39)25-9-3-4-10-26(25)30(36)40/h3-4,7-13,16-19H,2,5-6,14-15,20-21H2,1H3,(H,34,41). The van der Waals surface area contributed by atoms with Crippen LogP contribution < -0.4 is 5.32 Å². The van der Waals surface area contributed by atoms with E-state index in [4.69, 9.17) is 0 Å². The largest absolute Gasteiger partial charge is 0.351 e. The highest BCUT2D eigenvalue weighted by Crippen LogP contribution is 2.37. The van der Waals surface area contributed by atoms with E-state index in [1.165, 1.54) is 0 Å². The number of carbonyl (C=O) groups is 4. The van der Waals surface area contributed by atoms with E-state index in [-0.39, 0.29) is 23.6 Å². The molecule has 1 saturated carbocycles. The maximum atomic E-state index is 14.2. The predicted molar refractivity (Wildman–Crippen MR) is 154 cm³/mol. The molecule has 208 valence electrons. The number of nitrogens with zero attached hydrogens (tertiary/aromatic N) is 4. The highest BCUT2D eigenvalue weighted by atomic mass is 16.2.